The van der Waals surface area contributed by atoms with Crippen LogP contribution >= 0.6 is 11.3 Å². The highest BCUT2D eigenvalue weighted by Crippen LogP contribution is 2.22. The van der Waals surface area contributed by atoms with Gasteiger partial charge in [-0.15, -0.1) is 0 Å². The van der Waals surface area contributed by atoms with Gasteiger partial charge in [-0.25, -0.2) is 0 Å². The lowest BCUT2D eigenvalue weighted by Crippen LogP contribution is -2.37. The summed E-state index contributed by atoms with van der Waals surface area (Å²) in [6.07, 6.45) is 0.529. The zero-order valence-corrected chi connectivity index (χ0v) is 11.1. The summed E-state index contributed by atoms with van der Waals surface area (Å²) in [6.45, 7) is 4.23. The van der Waals surface area contributed by atoms with Crippen LogP contribution in [0.2, 0.25) is 0 Å². The quantitative estimate of drug-likeness (QED) is 0.586. The molecule has 0 aliphatic carbocycles. The van der Waals surface area contributed by atoms with E-state index in [9.17, 15) is 14.9 Å². The van der Waals surface area contributed by atoms with Crippen molar-refractivity contribution in [2.45, 2.75) is 32.9 Å². The summed E-state index contributed by atoms with van der Waals surface area (Å²) in [5.41, 5.74) is 0.738. The van der Waals surface area contributed by atoms with Gasteiger partial charge in [0, 0.05) is 18.0 Å². The van der Waals surface area contributed by atoms with Gasteiger partial charge >= 0.3 is 11.0 Å². The third kappa shape index (κ3) is 4.42. The van der Waals surface area contributed by atoms with Crippen molar-refractivity contribution in [1.82, 2.24) is 5.32 Å². The van der Waals surface area contributed by atoms with E-state index < -0.39 is 16.9 Å². The van der Waals surface area contributed by atoms with Gasteiger partial charge in [0.1, 0.15) is 6.04 Å². The highest BCUT2D eigenvalue weighted by molar-refractivity contribution is 7.13. The Kier molecular flexibility index (Phi) is 5.24. The lowest BCUT2D eigenvalue weighted by Gasteiger charge is -2.15. The molecule has 0 spiro atoms. The molecule has 1 aromatic rings. The molecular formula is C11H16N2O4S. The predicted octanol–water partition coefficient (Wildman–Crippen LogP) is 2.25. The zero-order chi connectivity index (χ0) is 13.7. The van der Waals surface area contributed by atoms with Gasteiger partial charge in [-0.05, 0) is 17.9 Å². The lowest BCUT2D eigenvalue weighted by atomic mass is 10.0. The number of carboxylic acids is 1. The van der Waals surface area contributed by atoms with E-state index in [4.69, 9.17) is 5.11 Å². The van der Waals surface area contributed by atoms with E-state index in [0.717, 1.165) is 16.9 Å². The molecule has 0 saturated carbocycles. The maximum atomic E-state index is 11.0. The summed E-state index contributed by atoms with van der Waals surface area (Å²) in [5, 5.41) is 24.2. The first-order valence-electron chi connectivity index (χ1n) is 5.58. The average Bonchev–Trinajstić information content (AvgIpc) is 2.72. The van der Waals surface area contributed by atoms with Crippen molar-refractivity contribution in [3.63, 3.8) is 0 Å². The minimum Gasteiger partial charge on any atom is -0.480 e. The Labute approximate surface area is 109 Å². The highest BCUT2D eigenvalue weighted by Gasteiger charge is 2.18. The van der Waals surface area contributed by atoms with E-state index in [0.29, 0.717) is 13.0 Å². The summed E-state index contributed by atoms with van der Waals surface area (Å²) in [7, 11) is 0. The summed E-state index contributed by atoms with van der Waals surface area (Å²) in [4.78, 5) is 21.1. The number of aliphatic carboxylic acids is 1. The summed E-state index contributed by atoms with van der Waals surface area (Å²) < 4.78 is 0. The first-order chi connectivity index (χ1) is 8.40. The average molecular weight is 272 g/mol. The van der Waals surface area contributed by atoms with Crippen LogP contribution in [0, 0.1) is 16.0 Å². The molecule has 2 N–H and O–H groups in total. The van der Waals surface area contributed by atoms with Crippen LogP contribution < -0.4 is 5.32 Å². The fraction of sp³-hybridized carbons (Fsp3) is 0.545. The van der Waals surface area contributed by atoms with Crippen LogP contribution in [0.4, 0.5) is 5.00 Å². The Morgan fingerprint density at radius 1 is 1.61 bits per heavy atom. The van der Waals surface area contributed by atoms with Crippen LogP contribution in [-0.2, 0) is 11.3 Å². The fourth-order valence-corrected chi connectivity index (χ4v) is 2.26. The number of carboxylic acid groups (broad SMARTS) is 1. The van der Waals surface area contributed by atoms with Gasteiger partial charge < -0.3 is 10.4 Å². The normalized spacial score (nSPS) is 12.6. The van der Waals surface area contributed by atoms with Gasteiger partial charge in [0.15, 0.2) is 0 Å². The molecule has 1 atom stereocenters. The second-order valence-electron chi connectivity index (χ2n) is 4.45. The molecule has 6 nitrogen and oxygen atoms in total. The van der Waals surface area contributed by atoms with E-state index >= 15 is 0 Å². The Morgan fingerprint density at radius 2 is 2.28 bits per heavy atom. The number of carbonyl (C=O) groups is 1. The van der Waals surface area contributed by atoms with Crippen LogP contribution in [-0.4, -0.2) is 22.0 Å². The maximum absolute atomic E-state index is 11.0. The molecule has 1 rings (SSSR count). The van der Waals surface area contributed by atoms with Gasteiger partial charge in [0.25, 0.3) is 0 Å². The predicted molar refractivity (Wildman–Crippen MR) is 68.7 cm³/mol. The molecule has 0 aliphatic heterocycles. The molecule has 1 aromatic heterocycles. The smallest absolute Gasteiger partial charge is 0.324 e. The molecule has 18 heavy (non-hydrogen) atoms. The summed E-state index contributed by atoms with van der Waals surface area (Å²) >= 11 is 1.05. The molecule has 7 heteroatoms. The number of nitrogens with one attached hydrogen (secondary N) is 1. The number of hydrogen-bond donors (Lipinski definition) is 2. The Morgan fingerprint density at radius 3 is 2.72 bits per heavy atom. The molecule has 0 aromatic carbocycles. The molecule has 0 amide bonds. The van der Waals surface area contributed by atoms with E-state index in [2.05, 4.69) is 5.32 Å². The van der Waals surface area contributed by atoms with Crippen LogP contribution in [0.25, 0.3) is 0 Å². The molecular weight excluding hydrogens is 256 g/mol. The molecule has 0 aliphatic rings. The maximum Gasteiger partial charge on any atom is 0.324 e. The summed E-state index contributed by atoms with van der Waals surface area (Å²) in [6, 6.07) is 0.843. The van der Waals surface area contributed by atoms with Crippen LogP contribution in [0.3, 0.4) is 0 Å². The van der Waals surface area contributed by atoms with Crippen molar-refractivity contribution in [3.05, 3.63) is 27.1 Å². The van der Waals surface area contributed by atoms with Crippen molar-refractivity contribution in [2.24, 2.45) is 5.92 Å². The van der Waals surface area contributed by atoms with Crippen molar-refractivity contribution in [2.75, 3.05) is 0 Å². The minimum atomic E-state index is -0.895. The van der Waals surface area contributed by atoms with Crippen LogP contribution in [0.5, 0.6) is 0 Å². The zero-order valence-electron chi connectivity index (χ0n) is 10.3. The first-order valence-corrected chi connectivity index (χ1v) is 6.46. The SMILES string of the molecule is CC(C)CC(NCc1csc([N+](=O)[O-])c1)C(=O)O. The van der Waals surface area contributed by atoms with Gasteiger partial charge in [0.2, 0.25) is 0 Å². The number of thiophene rings is 1. The third-order valence-electron chi connectivity index (χ3n) is 2.38. The molecule has 0 radical (unpaired) electrons. The second kappa shape index (κ2) is 6.46. The minimum absolute atomic E-state index is 0.0718. The molecule has 100 valence electrons. The largest absolute Gasteiger partial charge is 0.480 e. The molecule has 1 heterocycles. The van der Waals surface area contributed by atoms with Gasteiger partial charge in [0.05, 0.1) is 4.92 Å². The first kappa shape index (κ1) is 14.6. The van der Waals surface area contributed by atoms with E-state index in [1.165, 1.54) is 6.07 Å². The standard InChI is InChI=1S/C11H16N2O4S/c1-7(2)3-9(11(14)15)12-5-8-4-10(13(16)17)18-6-8/h4,6-7,9,12H,3,5H2,1-2H3,(H,14,15). The van der Waals surface area contributed by atoms with Crippen molar-refractivity contribution < 1.29 is 14.8 Å². The Hall–Kier alpha value is -1.47. The van der Waals surface area contributed by atoms with E-state index in [1.54, 1.807) is 5.38 Å². The van der Waals surface area contributed by atoms with Crippen molar-refractivity contribution in [3.8, 4) is 0 Å². The molecule has 1 unspecified atom stereocenters. The molecule has 0 saturated heterocycles. The number of nitro groups is 1. The highest BCUT2D eigenvalue weighted by atomic mass is 32.1. The van der Waals surface area contributed by atoms with Gasteiger partial charge in [-0.3, -0.25) is 14.9 Å². The number of rotatable bonds is 7. The topological polar surface area (TPSA) is 92.5 Å². The van der Waals surface area contributed by atoms with E-state index in [1.807, 2.05) is 13.8 Å². The van der Waals surface area contributed by atoms with E-state index in [-0.39, 0.29) is 10.9 Å². The van der Waals surface area contributed by atoms with Crippen LogP contribution in [0.1, 0.15) is 25.8 Å². The van der Waals surface area contributed by atoms with Crippen molar-refractivity contribution in [1.29, 1.82) is 0 Å². The summed E-state index contributed by atoms with van der Waals surface area (Å²) in [5.74, 6) is -0.621. The monoisotopic (exact) mass is 272 g/mol. The molecule has 0 bridgehead atoms. The second-order valence-corrected chi connectivity index (χ2v) is 5.34. The van der Waals surface area contributed by atoms with Gasteiger partial charge in [-0.1, -0.05) is 25.2 Å². The number of nitrogens with zero attached hydrogens (tertiary/aromatic N) is 1. The lowest BCUT2D eigenvalue weighted by molar-refractivity contribution is -0.380. The van der Waals surface area contributed by atoms with Crippen molar-refractivity contribution >= 4 is 22.3 Å². The number of hydrogen-bond acceptors (Lipinski definition) is 5. The Bertz CT molecular complexity index is 430. The van der Waals surface area contributed by atoms with Gasteiger partial charge in [-0.2, -0.15) is 0 Å². The molecule has 0 fully saturated rings. The third-order valence-corrected chi connectivity index (χ3v) is 3.31. The van der Waals surface area contributed by atoms with Crippen LogP contribution in [0.15, 0.2) is 11.4 Å². The fourth-order valence-electron chi connectivity index (χ4n) is 1.54. The Balaban J connectivity index is 2.55.